The van der Waals surface area contributed by atoms with Crippen LogP contribution >= 0.6 is 0 Å². The Bertz CT molecular complexity index is 474. The van der Waals surface area contributed by atoms with Crippen LogP contribution < -0.4 is 10.6 Å². The highest BCUT2D eigenvalue weighted by Gasteiger charge is 2.25. The number of amides is 1. The van der Waals surface area contributed by atoms with Crippen molar-refractivity contribution < 1.29 is 14.1 Å². The molecule has 1 fully saturated rings. The topological polar surface area (TPSA) is 84.3 Å². The van der Waals surface area contributed by atoms with Gasteiger partial charge in [-0.05, 0) is 6.07 Å². The van der Waals surface area contributed by atoms with Crippen LogP contribution in [0.15, 0.2) is 18.2 Å². The Kier molecular flexibility index (Phi) is 3.01. The molecule has 0 bridgehead atoms. The van der Waals surface area contributed by atoms with Crippen LogP contribution in [-0.2, 0) is 4.79 Å². The van der Waals surface area contributed by atoms with E-state index in [4.69, 9.17) is 0 Å². The van der Waals surface area contributed by atoms with Crippen LogP contribution in [0.25, 0.3) is 0 Å². The van der Waals surface area contributed by atoms with Crippen LogP contribution in [0.5, 0.6) is 0 Å². The SMILES string of the molecule is O=C(Nc1ccc([N+](=O)[O-])c(F)c1)C1CNC1. The number of nitrogens with one attached hydrogen (secondary N) is 2. The second-order valence-corrected chi connectivity index (χ2v) is 3.77. The third kappa shape index (κ3) is 2.39. The highest BCUT2D eigenvalue weighted by molar-refractivity contribution is 5.93. The zero-order chi connectivity index (χ0) is 12.4. The standard InChI is InChI=1S/C10H10FN3O3/c11-8-3-7(1-2-9(8)14(16)17)13-10(15)6-4-12-5-6/h1-3,6,12H,4-5H2,(H,13,15). The van der Waals surface area contributed by atoms with E-state index in [1.165, 1.54) is 6.07 Å². The molecule has 0 saturated carbocycles. The van der Waals surface area contributed by atoms with Gasteiger partial charge in [0.1, 0.15) is 0 Å². The van der Waals surface area contributed by atoms with Crippen LogP contribution in [0.3, 0.4) is 0 Å². The number of hydrogen-bond donors (Lipinski definition) is 2. The maximum absolute atomic E-state index is 13.2. The second kappa shape index (κ2) is 4.46. The van der Waals surface area contributed by atoms with Crippen LogP contribution in [0.4, 0.5) is 15.8 Å². The average Bonchev–Trinajstić information content (AvgIpc) is 2.13. The minimum Gasteiger partial charge on any atom is -0.326 e. The molecule has 1 aliphatic heterocycles. The lowest BCUT2D eigenvalue weighted by atomic mass is 10.0. The van der Waals surface area contributed by atoms with Gasteiger partial charge in [-0.15, -0.1) is 0 Å². The predicted octanol–water partition coefficient (Wildman–Crippen LogP) is 0.892. The summed E-state index contributed by atoms with van der Waals surface area (Å²) in [6, 6.07) is 3.29. The number of nitro groups is 1. The third-order valence-electron chi connectivity index (χ3n) is 2.56. The number of benzene rings is 1. The molecular weight excluding hydrogens is 229 g/mol. The first-order chi connectivity index (χ1) is 8.08. The highest BCUT2D eigenvalue weighted by atomic mass is 19.1. The normalized spacial score (nSPS) is 15.1. The van der Waals surface area contributed by atoms with Crippen molar-refractivity contribution >= 4 is 17.3 Å². The van der Waals surface area contributed by atoms with Gasteiger partial charge in [-0.2, -0.15) is 4.39 Å². The number of hydrogen-bond acceptors (Lipinski definition) is 4. The molecule has 0 aromatic heterocycles. The zero-order valence-electron chi connectivity index (χ0n) is 8.77. The van der Waals surface area contributed by atoms with E-state index < -0.39 is 16.4 Å². The maximum Gasteiger partial charge on any atom is 0.304 e. The van der Waals surface area contributed by atoms with Crippen molar-refractivity contribution in [3.8, 4) is 0 Å². The Hall–Kier alpha value is -2.02. The van der Waals surface area contributed by atoms with Gasteiger partial charge in [0, 0.05) is 30.9 Å². The lowest BCUT2D eigenvalue weighted by molar-refractivity contribution is -0.387. The first-order valence-corrected chi connectivity index (χ1v) is 5.03. The number of carbonyl (C=O) groups is 1. The summed E-state index contributed by atoms with van der Waals surface area (Å²) < 4.78 is 13.2. The quantitative estimate of drug-likeness (QED) is 0.606. The summed E-state index contributed by atoms with van der Waals surface area (Å²) in [6.07, 6.45) is 0. The first kappa shape index (κ1) is 11.5. The van der Waals surface area contributed by atoms with Crippen LogP contribution in [0.1, 0.15) is 0 Å². The summed E-state index contributed by atoms with van der Waals surface area (Å²) in [5, 5.41) is 15.8. The summed E-state index contributed by atoms with van der Waals surface area (Å²) in [7, 11) is 0. The van der Waals surface area contributed by atoms with E-state index in [1.807, 2.05) is 0 Å². The molecule has 6 nitrogen and oxygen atoms in total. The Labute approximate surface area is 96.0 Å². The van der Waals surface area contributed by atoms with Crippen molar-refractivity contribution in [1.82, 2.24) is 5.32 Å². The third-order valence-corrected chi connectivity index (χ3v) is 2.56. The van der Waals surface area contributed by atoms with Crippen molar-refractivity contribution in [2.45, 2.75) is 0 Å². The molecule has 7 heteroatoms. The minimum atomic E-state index is -0.959. The van der Waals surface area contributed by atoms with Gasteiger partial charge in [-0.25, -0.2) is 0 Å². The molecule has 2 N–H and O–H groups in total. The summed E-state index contributed by atoms with van der Waals surface area (Å²) in [5.41, 5.74) is -0.377. The number of nitro benzene ring substituents is 1. The van der Waals surface area contributed by atoms with E-state index >= 15 is 0 Å². The van der Waals surface area contributed by atoms with E-state index in [2.05, 4.69) is 10.6 Å². The summed E-state index contributed by atoms with van der Waals surface area (Å²) in [5.74, 6) is -1.29. The Morgan fingerprint density at radius 1 is 1.53 bits per heavy atom. The highest BCUT2D eigenvalue weighted by Crippen LogP contribution is 2.21. The molecule has 1 aromatic rings. The van der Waals surface area contributed by atoms with Crippen molar-refractivity contribution in [3.63, 3.8) is 0 Å². The van der Waals surface area contributed by atoms with Crippen LogP contribution in [0.2, 0.25) is 0 Å². The molecule has 2 rings (SSSR count). The zero-order valence-corrected chi connectivity index (χ0v) is 8.77. The molecule has 1 saturated heterocycles. The first-order valence-electron chi connectivity index (χ1n) is 5.03. The number of anilines is 1. The summed E-state index contributed by atoms with van der Waals surface area (Å²) in [4.78, 5) is 21.1. The van der Waals surface area contributed by atoms with Gasteiger partial charge in [0.05, 0.1) is 10.8 Å². The number of rotatable bonds is 3. The molecule has 17 heavy (non-hydrogen) atoms. The molecule has 0 unspecified atom stereocenters. The van der Waals surface area contributed by atoms with E-state index in [1.54, 1.807) is 0 Å². The average molecular weight is 239 g/mol. The van der Waals surface area contributed by atoms with E-state index in [0.717, 1.165) is 12.1 Å². The van der Waals surface area contributed by atoms with E-state index in [9.17, 15) is 19.3 Å². The molecule has 90 valence electrons. The monoisotopic (exact) mass is 239 g/mol. The second-order valence-electron chi connectivity index (χ2n) is 3.77. The van der Waals surface area contributed by atoms with Crippen LogP contribution in [-0.4, -0.2) is 23.9 Å². The lowest BCUT2D eigenvalue weighted by Gasteiger charge is -2.25. The van der Waals surface area contributed by atoms with Crippen molar-refractivity contribution in [1.29, 1.82) is 0 Å². The molecule has 1 aromatic carbocycles. The van der Waals surface area contributed by atoms with Gasteiger partial charge in [-0.1, -0.05) is 0 Å². The summed E-state index contributed by atoms with van der Waals surface area (Å²) >= 11 is 0. The van der Waals surface area contributed by atoms with Crippen molar-refractivity contribution in [3.05, 3.63) is 34.1 Å². The van der Waals surface area contributed by atoms with Crippen molar-refractivity contribution in [2.24, 2.45) is 5.92 Å². The van der Waals surface area contributed by atoms with Gasteiger partial charge >= 0.3 is 5.69 Å². The number of halogens is 1. The molecule has 0 atom stereocenters. The Balaban J connectivity index is 2.09. The maximum atomic E-state index is 13.2. The largest absolute Gasteiger partial charge is 0.326 e. The molecule has 1 amide bonds. The van der Waals surface area contributed by atoms with Gasteiger partial charge in [0.15, 0.2) is 0 Å². The van der Waals surface area contributed by atoms with E-state index in [-0.39, 0.29) is 17.5 Å². The fourth-order valence-corrected chi connectivity index (χ4v) is 1.45. The molecule has 1 heterocycles. The molecule has 1 aliphatic rings. The Morgan fingerprint density at radius 2 is 2.24 bits per heavy atom. The molecular formula is C10H10FN3O3. The number of carbonyl (C=O) groups excluding carboxylic acids is 1. The van der Waals surface area contributed by atoms with Gasteiger partial charge in [-0.3, -0.25) is 14.9 Å². The van der Waals surface area contributed by atoms with Crippen molar-refractivity contribution in [2.75, 3.05) is 18.4 Å². The van der Waals surface area contributed by atoms with Gasteiger partial charge in [0.25, 0.3) is 0 Å². The van der Waals surface area contributed by atoms with Gasteiger partial charge in [0.2, 0.25) is 11.7 Å². The Morgan fingerprint density at radius 3 is 2.71 bits per heavy atom. The molecule has 0 aliphatic carbocycles. The number of nitrogens with zero attached hydrogens (tertiary/aromatic N) is 1. The van der Waals surface area contributed by atoms with E-state index in [0.29, 0.717) is 13.1 Å². The van der Waals surface area contributed by atoms with Crippen LogP contribution in [0, 0.1) is 21.8 Å². The molecule has 0 spiro atoms. The lowest BCUT2D eigenvalue weighted by Crippen LogP contribution is -2.48. The summed E-state index contributed by atoms with van der Waals surface area (Å²) in [6.45, 7) is 1.20. The molecule has 0 radical (unpaired) electrons. The minimum absolute atomic E-state index is 0.117. The fourth-order valence-electron chi connectivity index (χ4n) is 1.45. The fraction of sp³-hybridized carbons (Fsp3) is 0.300. The predicted molar refractivity (Wildman–Crippen MR) is 58.0 cm³/mol. The smallest absolute Gasteiger partial charge is 0.304 e. The van der Waals surface area contributed by atoms with Gasteiger partial charge < -0.3 is 10.6 Å².